The second-order valence-corrected chi connectivity index (χ2v) is 4.73. The topological polar surface area (TPSA) is 55.9 Å². The molecule has 4 nitrogen and oxygen atoms in total. The Morgan fingerprint density at radius 3 is 2.65 bits per heavy atom. The summed E-state index contributed by atoms with van der Waals surface area (Å²) in [7, 11) is 1.88. The number of nitrogens with two attached hydrogens (primary N) is 1. The number of aryl methyl sites for hydroxylation is 1. The Morgan fingerprint density at radius 1 is 1.53 bits per heavy atom. The first kappa shape index (κ1) is 12.4. The molecule has 1 aromatic heterocycles. The normalized spacial score (nSPS) is 22.6. The van der Waals surface area contributed by atoms with Crippen LogP contribution in [0.25, 0.3) is 0 Å². The van der Waals surface area contributed by atoms with E-state index >= 15 is 0 Å². The Bertz CT molecular complexity index is 367. The third kappa shape index (κ3) is 2.63. The highest BCUT2D eigenvalue weighted by Crippen LogP contribution is 2.40. The Balaban J connectivity index is 2.08. The molecule has 96 valence electrons. The fourth-order valence-corrected chi connectivity index (χ4v) is 2.49. The van der Waals surface area contributed by atoms with Crippen LogP contribution in [0, 0.1) is 5.92 Å². The molecule has 6 heteroatoms. The SMILES string of the molecule is Cn1ccnc1C(NN)C1CCC(F)(F)CC1. The lowest BCUT2D eigenvalue weighted by atomic mass is 9.82. The van der Waals surface area contributed by atoms with E-state index < -0.39 is 5.92 Å². The smallest absolute Gasteiger partial charge is 0.248 e. The van der Waals surface area contributed by atoms with Crippen molar-refractivity contribution in [2.75, 3.05) is 0 Å². The molecular weight excluding hydrogens is 226 g/mol. The highest BCUT2D eigenvalue weighted by Gasteiger charge is 2.38. The number of nitrogens with zero attached hydrogens (tertiary/aromatic N) is 2. The summed E-state index contributed by atoms with van der Waals surface area (Å²) in [6.45, 7) is 0. The maximum Gasteiger partial charge on any atom is 0.248 e. The number of alkyl halides is 2. The number of hydrazine groups is 1. The van der Waals surface area contributed by atoms with Crippen LogP contribution in [0.3, 0.4) is 0 Å². The first-order valence-electron chi connectivity index (χ1n) is 5.85. The van der Waals surface area contributed by atoms with Crippen molar-refractivity contribution in [3.8, 4) is 0 Å². The highest BCUT2D eigenvalue weighted by atomic mass is 19.3. The third-order valence-electron chi connectivity index (χ3n) is 3.55. The van der Waals surface area contributed by atoms with Crippen molar-refractivity contribution >= 4 is 0 Å². The number of imidazole rings is 1. The third-order valence-corrected chi connectivity index (χ3v) is 3.55. The molecule has 1 saturated carbocycles. The number of halogens is 2. The van der Waals surface area contributed by atoms with Gasteiger partial charge in [0.25, 0.3) is 0 Å². The zero-order valence-electron chi connectivity index (χ0n) is 9.87. The molecule has 17 heavy (non-hydrogen) atoms. The van der Waals surface area contributed by atoms with Gasteiger partial charge in [-0.15, -0.1) is 0 Å². The van der Waals surface area contributed by atoms with Crippen LogP contribution >= 0.6 is 0 Å². The molecule has 3 N–H and O–H groups in total. The van der Waals surface area contributed by atoms with Gasteiger partial charge in [0.05, 0.1) is 6.04 Å². The van der Waals surface area contributed by atoms with Crippen LogP contribution in [0.2, 0.25) is 0 Å². The van der Waals surface area contributed by atoms with Gasteiger partial charge in [0.1, 0.15) is 5.82 Å². The Kier molecular flexibility index (Phi) is 3.44. The van der Waals surface area contributed by atoms with Crippen molar-refractivity contribution in [1.82, 2.24) is 15.0 Å². The summed E-state index contributed by atoms with van der Waals surface area (Å²) in [6, 6.07) is -0.147. The number of hydrogen-bond acceptors (Lipinski definition) is 3. The van der Waals surface area contributed by atoms with E-state index in [2.05, 4.69) is 10.4 Å². The largest absolute Gasteiger partial charge is 0.337 e. The molecule has 1 aliphatic rings. The molecule has 1 unspecified atom stereocenters. The average Bonchev–Trinajstić information content (AvgIpc) is 2.69. The van der Waals surface area contributed by atoms with Gasteiger partial charge in [0.15, 0.2) is 0 Å². The standard InChI is InChI=1S/C11H18F2N4/c1-17-7-6-15-10(17)9(16-14)8-2-4-11(12,13)5-3-8/h6-9,16H,2-5,14H2,1H3. The summed E-state index contributed by atoms with van der Waals surface area (Å²) in [5, 5.41) is 0. The zero-order chi connectivity index (χ0) is 12.5. The molecule has 1 fully saturated rings. The quantitative estimate of drug-likeness (QED) is 0.629. The molecule has 2 rings (SSSR count). The van der Waals surface area contributed by atoms with E-state index in [4.69, 9.17) is 5.84 Å². The van der Waals surface area contributed by atoms with Gasteiger partial charge in [0, 0.05) is 32.3 Å². The summed E-state index contributed by atoms with van der Waals surface area (Å²) < 4.78 is 28.1. The zero-order valence-corrected chi connectivity index (χ0v) is 9.87. The molecule has 1 aromatic rings. The molecule has 0 aromatic carbocycles. The van der Waals surface area contributed by atoms with Crippen LogP contribution in [0.15, 0.2) is 12.4 Å². The molecular formula is C11H18F2N4. The lowest BCUT2D eigenvalue weighted by Crippen LogP contribution is -2.38. The van der Waals surface area contributed by atoms with Crippen LogP contribution < -0.4 is 11.3 Å². The van der Waals surface area contributed by atoms with E-state index in [0.717, 1.165) is 5.82 Å². The molecule has 1 heterocycles. The van der Waals surface area contributed by atoms with Crippen LogP contribution in [0.5, 0.6) is 0 Å². The second kappa shape index (κ2) is 4.70. The predicted molar refractivity (Wildman–Crippen MR) is 60.2 cm³/mol. The highest BCUT2D eigenvalue weighted by molar-refractivity contribution is 5.01. The van der Waals surface area contributed by atoms with Crippen molar-refractivity contribution in [3.05, 3.63) is 18.2 Å². The Labute approximate surface area is 99.2 Å². The van der Waals surface area contributed by atoms with Crippen LogP contribution in [-0.2, 0) is 7.05 Å². The first-order chi connectivity index (χ1) is 8.03. The van der Waals surface area contributed by atoms with Gasteiger partial charge in [-0.05, 0) is 18.8 Å². The van der Waals surface area contributed by atoms with Crippen molar-refractivity contribution < 1.29 is 8.78 Å². The molecule has 0 spiro atoms. The Hall–Kier alpha value is -1.01. The predicted octanol–water partition coefficient (Wildman–Crippen LogP) is 1.75. The summed E-state index contributed by atoms with van der Waals surface area (Å²) in [5.74, 6) is 3.97. The van der Waals surface area contributed by atoms with Crippen molar-refractivity contribution in [2.45, 2.75) is 37.6 Å². The molecule has 0 radical (unpaired) electrons. The summed E-state index contributed by atoms with van der Waals surface area (Å²) in [5.41, 5.74) is 2.71. The number of nitrogens with one attached hydrogen (secondary N) is 1. The Morgan fingerprint density at radius 2 is 2.18 bits per heavy atom. The van der Waals surface area contributed by atoms with Gasteiger partial charge in [-0.2, -0.15) is 0 Å². The molecule has 0 saturated heterocycles. The lowest BCUT2D eigenvalue weighted by molar-refractivity contribution is -0.0502. The molecule has 0 bridgehead atoms. The van der Waals surface area contributed by atoms with Crippen molar-refractivity contribution in [2.24, 2.45) is 18.8 Å². The monoisotopic (exact) mass is 244 g/mol. The van der Waals surface area contributed by atoms with E-state index in [0.29, 0.717) is 12.8 Å². The minimum Gasteiger partial charge on any atom is -0.337 e. The average molecular weight is 244 g/mol. The van der Waals surface area contributed by atoms with E-state index in [1.54, 1.807) is 6.20 Å². The first-order valence-corrected chi connectivity index (χ1v) is 5.85. The summed E-state index contributed by atoms with van der Waals surface area (Å²) in [6.07, 6.45) is 4.37. The van der Waals surface area contributed by atoms with E-state index in [-0.39, 0.29) is 24.8 Å². The van der Waals surface area contributed by atoms with Crippen molar-refractivity contribution in [3.63, 3.8) is 0 Å². The van der Waals surface area contributed by atoms with Gasteiger partial charge >= 0.3 is 0 Å². The van der Waals surface area contributed by atoms with E-state index in [1.807, 2.05) is 17.8 Å². The van der Waals surface area contributed by atoms with Gasteiger partial charge in [-0.1, -0.05) is 0 Å². The van der Waals surface area contributed by atoms with E-state index in [9.17, 15) is 8.78 Å². The van der Waals surface area contributed by atoms with Crippen LogP contribution in [0.4, 0.5) is 8.78 Å². The number of rotatable bonds is 3. The van der Waals surface area contributed by atoms with Gasteiger partial charge in [-0.3, -0.25) is 5.84 Å². The summed E-state index contributed by atoms with van der Waals surface area (Å²) >= 11 is 0. The van der Waals surface area contributed by atoms with Gasteiger partial charge in [-0.25, -0.2) is 19.2 Å². The number of aromatic nitrogens is 2. The molecule has 0 aliphatic heterocycles. The van der Waals surface area contributed by atoms with Gasteiger partial charge < -0.3 is 4.57 Å². The minimum atomic E-state index is -2.50. The minimum absolute atomic E-state index is 0.0553. The van der Waals surface area contributed by atoms with Crippen LogP contribution in [0.1, 0.15) is 37.5 Å². The molecule has 1 atom stereocenters. The second-order valence-electron chi connectivity index (χ2n) is 4.73. The van der Waals surface area contributed by atoms with Crippen molar-refractivity contribution in [1.29, 1.82) is 0 Å². The number of hydrogen-bond donors (Lipinski definition) is 2. The molecule has 1 aliphatic carbocycles. The fraction of sp³-hybridized carbons (Fsp3) is 0.727. The summed E-state index contributed by atoms with van der Waals surface area (Å²) in [4.78, 5) is 4.23. The lowest BCUT2D eigenvalue weighted by Gasteiger charge is -2.33. The maximum absolute atomic E-state index is 13.1. The maximum atomic E-state index is 13.1. The van der Waals surface area contributed by atoms with E-state index in [1.165, 1.54) is 0 Å². The van der Waals surface area contributed by atoms with Crippen LogP contribution in [-0.4, -0.2) is 15.5 Å². The molecule has 0 amide bonds. The fourth-order valence-electron chi connectivity index (χ4n) is 2.49. The van der Waals surface area contributed by atoms with Gasteiger partial charge in [0.2, 0.25) is 5.92 Å².